The molecular weight excluding hydrogens is 296 g/mol. The molecule has 0 atom stereocenters. The summed E-state index contributed by atoms with van der Waals surface area (Å²) in [7, 11) is -2.13. The van der Waals surface area contributed by atoms with E-state index in [0.717, 1.165) is 0 Å². The fourth-order valence-electron chi connectivity index (χ4n) is 1.14. The molecule has 3 N–H and O–H groups in total. The Morgan fingerprint density at radius 1 is 1.50 bits per heavy atom. The molecule has 0 fully saturated rings. The number of primary amides is 1. The molecule has 0 bridgehead atoms. The lowest BCUT2D eigenvalue weighted by atomic mass is 10.1. The Morgan fingerprint density at radius 3 is 2.56 bits per heavy atom. The first-order valence-electron chi connectivity index (χ1n) is 4.37. The summed E-state index contributed by atoms with van der Waals surface area (Å²) in [4.78, 5) is 10.9. The molecule has 16 heavy (non-hydrogen) atoms. The van der Waals surface area contributed by atoms with Gasteiger partial charge in [0.1, 0.15) is 0 Å². The van der Waals surface area contributed by atoms with E-state index in [4.69, 9.17) is 5.73 Å². The minimum Gasteiger partial charge on any atom is -0.369 e. The van der Waals surface area contributed by atoms with E-state index in [1.165, 1.54) is 19.2 Å². The summed E-state index contributed by atoms with van der Waals surface area (Å²) in [5.74, 6) is -0.468. The number of benzene rings is 1. The Hall–Kier alpha value is -0.920. The second-order valence-electron chi connectivity index (χ2n) is 3.10. The third kappa shape index (κ3) is 3.03. The number of nitrogens with one attached hydrogen (secondary N) is 1. The van der Waals surface area contributed by atoms with Gasteiger partial charge in [-0.1, -0.05) is 22.0 Å². The number of hydrogen-bond donors (Lipinski definition) is 2. The maximum Gasteiger partial charge on any atom is 0.240 e. The van der Waals surface area contributed by atoms with Crippen molar-refractivity contribution in [3.63, 3.8) is 0 Å². The molecule has 5 nitrogen and oxygen atoms in total. The zero-order valence-electron chi connectivity index (χ0n) is 8.53. The van der Waals surface area contributed by atoms with Gasteiger partial charge >= 0.3 is 0 Å². The summed E-state index contributed by atoms with van der Waals surface area (Å²) in [6.07, 6.45) is 0.0699. The molecule has 7 heteroatoms. The largest absolute Gasteiger partial charge is 0.369 e. The minimum absolute atomic E-state index is 0.0699. The number of carbonyl (C=O) groups is 1. The number of rotatable bonds is 4. The predicted octanol–water partition coefficient (Wildman–Crippen LogP) is 0.385. The maximum atomic E-state index is 11.5. The number of sulfonamides is 1. The van der Waals surface area contributed by atoms with Crippen LogP contribution in [0, 0.1) is 0 Å². The van der Waals surface area contributed by atoms with Gasteiger partial charge in [0.05, 0.1) is 11.3 Å². The van der Waals surface area contributed by atoms with Gasteiger partial charge in [-0.25, -0.2) is 13.1 Å². The summed E-state index contributed by atoms with van der Waals surface area (Å²) >= 11 is 3.20. The van der Waals surface area contributed by atoms with Gasteiger partial charge in [0.2, 0.25) is 15.9 Å². The molecule has 0 unspecified atom stereocenters. The summed E-state index contributed by atoms with van der Waals surface area (Å²) < 4.78 is 25.7. The van der Waals surface area contributed by atoms with Crippen LogP contribution in [0.5, 0.6) is 0 Å². The molecule has 1 aromatic rings. The fraction of sp³-hybridized carbons (Fsp3) is 0.222. The van der Waals surface area contributed by atoms with Crippen LogP contribution < -0.4 is 10.5 Å². The molecule has 0 aliphatic heterocycles. The number of hydrogen-bond acceptors (Lipinski definition) is 3. The van der Waals surface area contributed by atoms with Gasteiger partial charge < -0.3 is 5.73 Å². The summed E-state index contributed by atoms with van der Waals surface area (Å²) in [5, 5.41) is 0. The van der Waals surface area contributed by atoms with Gasteiger partial charge in [-0.3, -0.25) is 4.79 Å². The van der Waals surface area contributed by atoms with Crippen LogP contribution >= 0.6 is 15.9 Å². The topological polar surface area (TPSA) is 89.3 Å². The second kappa shape index (κ2) is 4.94. The lowest BCUT2D eigenvalue weighted by Crippen LogP contribution is -2.19. The third-order valence-electron chi connectivity index (χ3n) is 1.97. The van der Waals surface area contributed by atoms with Crippen LogP contribution in [0.15, 0.2) is 27.6 Å². The molecule has 1 amide bonds. The van der Waals surface area contributed by atoms with E-state index in [0.29, 0.717) is 10.0 Å². The molecule has 1 aromatic carbocycles. The van der Waals surface area contributed by atoms with Crippen molar-refractivity contribution < 1.29 is 13.2 Å². The van der Waals surface area contributed by atoms with Gasteiger partial charge in [0.25, 0.3) is 0 Å². The van der Waals surface area contributed by atoms with Crippen LogP contribution in [-0.2, 0) is 21.2 Å². The van der Waals surface area contributed by atoms with E-state index in [1.54, 1.807) is 6.07 Å². The first-order chi connectivity index (χ1) is 7.36. The number of nitrogens with two attached hydrogens (primary N) is 1. The maximum absolute atomic E-state index is 11.5. The monoisotopic (exact) mass is 306 g/mol. The van der Waals surface area contributed by atoms with E-state index in [2.05, 4.69) is 20.7 Å². The lowest BCUT2D eigenvalue weighted by Gasteiger charge is -2.06. The van der Waals surface area contributed by atoms with Crippen LogP contribution in [0.4, 0.5) is 0 Å². The molecule has 0 saturated carbocycles. The summed E-state index contributed by atoms with van der Waals surface area (Å²) in [6, 6.07) is 4.41. The van der Waals surface area contributed by atoms with Crippen molar-refractivity contribution in [2.75, 3.05) is 7.05 Å². The third-order valence-corrected chi connectivity index (χ3v) is 4.12. The van der Waals surface area contributed by atoms with Crippen molar-refractivity contribution in [2.45, 2.75) is 11.3 Å². The molecule has 1 rings (SSSR count). The average Bonchev–Trinajstić information content (AvgIpc) is 2.20. The number of halogens is 1. The van der Waals surface area contributed by atoms with Crippen molar-refractivity contribution >= 4 is 31.9 Å². The van der Waals surface area contributed by atoms with Crippen LogP contribution in [0.2, 0.25) is 0 Å². The average molecular weight is 307 g/mol. The van der Waals surface area contributed by atoms with Crippen molar-refractivity contribution in [1.82, 2.24) is 4.72 Å². The van der Waals surface area contributed by atoms with E-state index >= 15 is 0 Å². The van der Waals surface area contributed by atoms with Gasteiger partial charge in [-0.15, -0.1) is 0 Å². The van der Waals surface area contributed by atoms with E-state index < -0.39 is 15.9 Å². The van der Waals surface area contributed by atoms with Crippen LogP contribution in [0.25, 0.3) is 0 Å². The number of carbonyl (C=O) groups excluding carboxylic acids is 1. The first kappa shape index (κ1) is 13.1. The molecule has 0 aromatic heterocycles. The molecule has 0 saturated heterocycles. The van der Waals surface area contributed by atoms with Crippen LogP contribution in [0.3, 0.4) is 0 Å². The quantitative estimate of drug-likeness (QED) is 0.843. The highest BCUT2D eigenvalue weighted by Crippen LogP contribution is 2.21. The summed E-state index contributed by atoms with van der Waals surface area (Å²) in [6.45, 7) is 0. The predicted molar refractivity (Wildman–Crippen MR) is 63.3 cm³/mol. The molecule has 0 radical (unpaired) electrons. The molecule has 0 spiro atoms. The first-order valence-corrected chi connectivity index (χ1v) is 6.64. The van der Waals surface area contributed by atoms with Crippen molar-refractivity contribution in [1.29, 1.82) is 0 Å². The van der Waals surface area contributed by atoms with Crippen molar-refractivity contribution in [3.05, 3.63) is 28.2 Å². The minimum atomic E-state index is -3.46. The van der Waals surface area contributed by atoms with Gasteiger partial charge in [-0.05, 0) is 24.7 Å². The molecule has 88 valence electrons. The highest BCUT2D eigenvalue weighted by Gasteiger charge is 2.13. The van der Waals surface area contributed by atoms with E-state index in [1.807, 2.05) is 0 Å². The van der Waals surface area contributed by atoms with Gasteiger partial charge in [0.15, 0.2) is 0 Å². The molecule has 0 aliphatic rings. The Bertz CT molecular complexity index is 513. The van der Waals surface area contributed by atoms with Crippen LogP contribution in [0.1, 0.15) is 5.56 Å². The summed E-state index contributed by atoms with van der Waals surface area (Å²) in [5.41, 5.74) is 5.71. The van der Waals surface area contributed by atoms with Crippen molar-refractivity contribution in [3.8, 4) is 0 Å². The SMILES string of the molecule is CNS(=O)(=O)c1ccc(CC(N)=O)c(Br)c1. The molecule has 0 aliphatic carbocycles. The second-order valence-corrected chi connectivity index (χ2v) is 5.84. The molecule has 0 heterocycles. The Balaban J connectivity index is 3.14. The smallest absolute Gasteiger partial charge is 0.240 e. The Morgan fingerprint density at radius 2 is 2.12 bits per heavy atom. The normalized spacial score (nSPS) is 11.4. The number of amides is 1. The van der Waals surface area contributed by atoms with Crippen LogP contribution in [-0.4, -0.2) is 21.4 Å². The van der Waals surface area contributed by atoms with Crippen molar-refractivity contribution in [2.24, 2.45) is 5.73 Å². The Kier molecular flexibility index (Phi) is 4.06. The fourth-order valence-corrected chi connectivity index (χ4v) is 2.57. The standard InChI is InChI=1S/C9H11BrN2O3S/c1-12-16(14,15)7-3-2-6(4-9(11)13)8(10)5-7/h2-3,5,12H,4H2,1H3,(H2,11,13). The van der Waals surface area contributed by atoms with E-state index in [-0.39, 0.29) is 11.3 Å². The van der Waals surface area contributed by atoms with E-state index in [9.17, 15) is 13.2 Å². The van der Waals surface area contributed by atoms with Gasteiger partial charge in [-0.2, -0.15) is 0 Å². The highest BCUT2D eigenvalue weighted by atomic mass is 79.9. The Labute approximate surface area is 102 Å². The van der Waals surface area contributed by atoms with Gasteiger partial charge in [0, 0.05) is 4.47 Å². The molecular formula is C9H11BrN2O3S. The lowest BCUT2D eigenvalue weighted by molar-refractivity contribution is -0.117. The zero-order valence-corrected chi connectivity index (χ0v) is 10.9. The highest BCUT2D eigenvalue weighted by molar-refractivity contribution is 9.10. The zero-order chi connectivity index (χ0) is 12.3.